The Bertz CT molecular complexity index is 1370. The first-order chi connectivity index (χ1) is 17.5. The van der Waals surface area contributed by atoms with Gasteiger partial charge >= 0.3 is 0 Å². The molecule has 0 saturated carbocycles. The molecular formula is C25H27F2N3O6S. The zero-order valence-corrected chi connectivity index (χ0v) is 21.5. The Hall–Kier alpha value is -3.80. The number of halogens is 2. The fourth-order valence-corrected chi connectivity index (χ4v) is 5.47. The number of hydrogen-bond acceptors (Lipinski definition) is 6. The molecule has 37 heavy (non-hydrogen) atoms. The normalized spacial score (nSPS) is 15.8. The van der Waals surface area contributed by atoms with E-state index in [-0.39, 0.29) is 35.9 Å². The molecule has 198 valence electrons. The van der Waals surface area contributed by atoms with Crippen molar-refractivity contribution in [3.8, 4) is 11.5 Å². The number of nitrogens with one attached hydrogen (secondary N) is 2. The van der Waals surface area contributed by atoms with Crippen molar-refractivity contribution < 1.29 is 32.4 Å². The van der Waals surface area contributed by atoms with Crippen LogP contribution in [0.15, 0.2) is 50.6 Å². The molecule has 0 saturated heterocycles. The quantitative estimate of drug-likeness (QED) is 0.500. The Morgan fingerprint density at radius 1 is 1.16 bits per heavy atom. The average molecular weight is 536 g/mol. The lowest BCUT2D eigenvalue weighted by Crippen LogP contribution is -2.42. The maximum atomic E-state index is 14.8. The van der Waals surface area contributed by atoms with Crippen molar-refractivity contribution in [1.82, 2.24) is 10.1 Å². The van der Waals surface area contributed by atoms with E-state index in [9.17, 15) is 23.2 Å². The number of carbonyl (C=O) groups is 2. The molecule has 0 spiro atoms. The maximum Gasteiger partial charge on any atom is 0.280 e. The fourth-order valence-electron chi connectivity index (χ4n) is 4.18. The largest absolute Gasteiger partial charge is 0.497 e. The zero-order valence-electron chi connectivity index (χ0n) is 20.7. The summed E-state index contributed by atoms with van der Waals surface area (Å²) in [6.07, 6.45) is 5.00. The first-order valence-electron chi connectivity index (χ1n) is 11.2. The van der Waals surface area contributed by atoms with Crippen molar-refractivity contribution in [2.24, 2.45) is 0 Å². The molecule has 2 amide bonds. The highest BCUT2D eigenvalue weighted by Gasteiger charge is 2.36. The molecule has 0 bridgehead atoms. The Morgan fingerprint density at radius 2 is 1.86 bits per heavy atom. The number of nitrogens with zero attached hydrogens (tertiary/aromatic N) is 1. The molecule has 2 heterocycles. The van der Waals surface area contributed by atoms with Gasteiger partial charge in [0.2, 0.25) is 5.91 Å². The third-order valence-electron chi connectivity index (χ3n) is 5.76. The maximum absolute atomic E-state index is 14.8. The Morgan fingerprint density at radius 3 is 2.46 bits per heavy atom. The van der Waals surface area contributed by atoms with Gasteiger partial charge in [0.1, 0.15) is 41.5 Å². The van der Waals surface area contributed by atoms with Gasteiger partial charge < -0.3 is 24.2 Å². The van der Waals surface area contributed by atoms with Gasteiger partial charge in [-0.2, -0.15) is 5.16 Å². The van der Waals surface area contributed by atoms with Crippen LogP contribution in [0.2, 0.25) is 0 Å². The van der Waals surface area contributed by atoms with Gasteiger partial charge in [-0.3, -0.25) is 14.4 Å². The topological polar surface area (TPSA) is 114 Å². The number of aromatic nitrogens is 1. The van der Waals surface area contributed by atoms with Crippen LogP contribution in [0, 0.1) is 11.6 Å². The molecule has 1 atom stereocenters. The van der Waals surface area contributed by atoms with Crippen molar-refractivity contribution in [2.75, 3.05) is 44.3 Å². The third kappa shape index (κ3) is 5.63. The number of H-pyrrole nitrogens is 1. The number of amides is 2. The average Bonchev–Trinajstić information content (AvgIpc) is 3.11. The highest BCUT2D eigenvalue weighted by molar-refractivity contribution is 8.32. The van der Waals surface area contributed by atoms with E-state index in [4.69, 9.17) is 14.0 Å². The molecule has 9 nitrogen and oxygen atoms in total. The number of anilines is 1. The zero-order chi connectivity index (χ0) is 26.9. The minimum absolute atomic E-state index is 0.0180. The molecular weight excluding hydrogens is 508 g/mol. The summed E-state index contributed by atoms with van der Waals surface area (Å²) >= 11 is 0. The molecule has 2 aromatic carbocycles. The SMILES string of the molecule is COc1ccc2c(c1)OCCN(C(=O)Cc1cc(=O)[nH]o1)C2C(=O)Nc1cc(F)c(S(C)(C)C)c(F)c1. The van der Waals surface area contributed by atoms with E-state index >= 15 is 0 Å². The smallest absolute Gasteiger partial charge is 0.280 e. The molecule has 2 N–H and O–H groups in total. The summed E-state index contributed by atoms with van der Waals surface area (Å²) in [4.78, 5) is 39.5. The number of aromatic amines is 1. The van der Waals surface area contributed by atoms with Crippen molar-refractivity contribution in [1.29, 1.82) is 0 Å². The summed E-state index contributed by atoms with van der Waals surface area (Å²) in [5.41, 5.74) is -0.230. The predicted molar refractivity (Wildman–Crippen MR) is 135 cm³/mol. The van der Waals surface area contributed by atoms with Crippen LogP contribution in [0.4, 0.5) is 14.5 Å². The summed E-state index contributed by atoms with van der Waals surface area (Å²) in [6, 6.07) is 6.87. The summed E-state index contributed by atoms with van der Waals surface area (Å²) in [6.45, 7) is 0.0939. The summed E-state index contributed by atoms with van der Waals surface area (Å²) < 4.78 is 45.7. The van der Waals surface area contributed by atoms with Crippen LogP contribution in [0.3, 0.4) is 0 Å². The third-order valence-corrected chi connectivity index (χ3v) is 7.38. The van der Waals surface area contributed by atoms with E-state index in [2.05, 4.69) is 10.5 Å². The molecule has 1 aliphatic rings. The van der Waals surface area contributed by atoms with Crippen molar-refractivity contribution >= 4 is 27.5 Å². The number of ether oxygens (including phenoxy) is 2. The summed E-state index contributed by atoms with van der Waals surface area (Å²) in [5, 5.41) is 4.67. The second-order valence-corrected chi connectivity index (χ2v) is 13.3. The minimum atomic E-state index is -1.71. The van der Waals surface area contributed by atoms with Gasteiger partial charge in [-0.15, -0.1) is 0 Å². The van der Waals surface area contributed by atoms with E-state index in [0.717, 1.165) is 18.2 Å². The first kappa shape index (κ1) is 26.3. The van der Waals surface area contributed by atoms with Crippen LogP contribution in [0.25, 0.3) is 0 Å². The predicted octanol–water partition coefficient (Wildman–Crippen LogP) is 3.45. The molecule has 0 radical (unpaired) electrons. The monoisotopic (exact) mass is 535 g/mol. The van der Waals surface area contributed by atoms with E-state index in [1.165, 1.54) is 12.0 Å². The van der Waals surface area contributed by atoms with E-state index in [0.29, 0.717) is 17.1 Å². The first-order valence-corrected chi connectivity index (χ1v) is 14.1. The number of carbonyl (C=O) groups excluding carboxylic acids is 2. The van der Waals surface area contributed by atoms with Crippen LogP contribution in [0.5, 0.6) is 11.5 Å². The standard InChI is InChI=1S/C25H27F2N3O6S/c1-34-15-5-6-17-20(11-15)35-8-7-30(22(32)13-16-12-21(31)29-36-16)23(17)25(33)28-14-9-18(26)24(19(27)10-14)37(2,3)4/h5-6,9-12,23H,7-8,13H2,1-4H3,(H,28,33)(H,29,31). The lowest BCUT2D eigenvalue weighted by Gasteiger charge is -2.29. The molecule has 3 aromatic rings. The van der Waals surface area contributed by atoms with E-state index < -0.39 is 45.1 Å². The minimum Gasteiger partial charge on any atom is -0.497 e. The molecule has 4 rings (SSSR count). The van der Waals surface area contributed by atoms with Gasteiger partial charge in [-0.1, -0.05) is 0 Å². The van der Waals surface area contributed by atoms with E-state index in [1.807, 2.05) is 0 Å². The second kappa shape index (κ2) is 10.3. The molecule has 1 aromatic heterocycles. The van der Waals surface area contributed by atoms with Gasteiger partial charge in [-0.05, 0) is 43.0 Å². The van der Waals surface area contributed by atoms with Crippen molar-refractivity contribution in [2.45, 2.75) is 17.4 Å². The van der Waals surface area contributed by atoms with Gasteiger partial charge in [0.25, 0.3) is 11.5 Å². The van der Waals surface area contributed by atoms with Crippen molar-refractivity contribution in [3.63, 3.8) is 0 Å². The summed E-state index contributed by atoms with van der Waals surface area (Å²) in [7, 11) is -0.226. The Kier molecular flexibility index (Phi) is 7.30. The highest BCUT2D eigenvalue weighted by atomic mass is 32.3. The van der Waals surface area contributed by atoms with Crippen LogP contribution in [0.1, 0.15) is 17.4 Å². The molecule has 0 fully saturated rings. The molecule has 12 heteroatoms. The van der Waals surface area contributed by atoms with Gasteiger partial charge in [0.15, 0.2) is 0 Å². The molecule has 1 unspecified atom stereocenters. The van der Waals surface area contributed by atoms with Crippen LogP contribution >= 0.6 is 10.0 Å². The van der Waals surface area contributed by atoms with E-state index in [1.54, 1.807) is 37.0 Å². The lowest BCUT2D eigenvalue weighted by molar-refractivity contribution is -0.138. The number of benzene rings is 2. The number of rotatable bonds is 6. The van der Waals surface area contributed by atoms with Crippen LogP contribution in [-0.4, -0.2) is 60.9 Å². The number of fused-ring (bicyclic) bond motifs is 1. The Labute approximate surface area is 213 Å². The second-order valence-electron chi connectivity index (χ2n) is 9.19. The highest BCUT2D eigenvalue weighted by Crippen LogP contribution is 2.48. The van der Waals surface area contributed by atoms with Crippen LogP contribution in [-0.2, 0) is 16.0 Å². The van der Waals surface area contributed by atoms with Gasteiger partial charge in [0, 0.05) is 23.4 Å². The number of hydrogen-bond donors (Lipinski definition) is 2. The molecule has 1 aliphatic heterocycles. The Balaban J connectivity index is 1.71. The number of methoxy groups -OCH3 is 1. The lowest BCUT2D eigenvalue weighted by atomic mass is 10.0. The van der Waals surface area contributed by atoms with Crippen molar-refractivity contribution in [3.05, 3.63) is 69.7 Å². The summed E-state index contributed by atoms with van der Waals surface area (Å²) in [5.74, 6) is -1.83. The fraction of sp³-hybridized carbons (Fsp3) is 0.320. The molecule has 0 aliphatic carbocycles. The van der Waals surface area contributed by atoms with Crippen LogP contribution < -0.4 is 20.3 Å². The van der Waals surface area contributed by atoms with Gasteiger partial charge in [0.05, 0.1) is 25.0 Å². The van der Waals surface area contributed by atoms with Gasteiger partial charge in [-0.25, -0.2) is 18.8 Å².